The molecule has 0 unspecified atom stereocenters. The summed E-state index contributed by atoms with van der Waals surface area (Å²) in [7, 11) is 0. The molecule has 0 saturated carbocycles. The maximum Gasteiger partial charge on any atom is 0.408 e. The summed E-state index contributed by atoms with van der Waals surface area (Å²) in [6.07, 6.45) is 0.637. The number of hydrogen-bond acceptors (Lipinski definition) is 9. The maximum absolute atomic E-state index is 14.5. The largest absolute Gasteiger partial charge is 0.493 e. The van der Waals surface area contributed by atoms with Crippen molar-refractivity contribution in [3.8, 4) is 5.75 Å². The predicted molar refractivity (Wildman–Crippen MR) is 183 cm³/mol. The molecule has 266 valence electrons. The van der Waals surface area contributed by atoms with E-state index in [0.29, 0.717) is 31.6 Å². The first-order chi connectivity index (χ1) is 22.3. The van der Waals surface area contributed by atoms with Gasteiger partial charge in [0.25, 0.3) is 0 Å². The van der Waals surface area contributed by atoms with Crippen LogP contribution in [-0.2, 0) is 28.8 Å². The van der Waals surface area contributed by atoms with Gasteiger partial charge in [-0.3, -0.25) is 19.2 Å². The molecule has 48 heavy (non-hydrogen) atoms. The standard InChI is InChI=1S/C37H55N3O8/c1-12-15-24(30(43)28(41)13-2)18-29(42)27-20-37(19-26(39-48-37)25-16-22(4)31(46-14-3)23(5)17-25)21-40(27)33(44)32(35(6,7)8)38-34(45)47-36(9,10)11/h16-17,24,27,32H,12-15,18-21H2,1-11H3,(H,38,45)/t24-,27+,32-,37-/m1/s1. The molecular formula is C37H55N3O8. The Balaban J connectivity index is 1.98. The number of aryl methyl sites for hydroxylation is 2. The van der Waals surface area contributed by atoms with E-state index in [4.69, 9.17) is 14.3 Å². The molecule has 11 heteroatoms. The Morgan fingerprint density at radius 2 is 1.67 bits per heavy atom. The lowest BCUT2D eigenvalue weighted by Crippen LogP contribution is -2.57. The molecule has 1 N–H and O–H groups in total. The SMILES string of the molecule is CCC[C@H](CC(=O)[C@@H]1C[C@]2(CC(c3cc(C)c(OCC)c(C)c3)=NO2)CN1C(=O)[C@@H](NC(=O)OC(C)(C)C)C(C)(C)C)C(=O)C(=O)CC. The summed E-state index contributed by atoms with van der Waals surface area (Å²) in [5, 5.41) is 7.21. The fourth-order valence-corrected chi connectivity index (χ4v) is 6.52. The highest BCUT2D eigenvalue weighted by Crippen LogP contribution is 2.41. The molecule has 1 fully saturated rings. The minimum absolute atomic E-state index is 0.0487. The number of ketones is 3. The van der Waals surface area contributed by atoms with Crippen LogP contribution >= 0.6 is 0 Å². The van der Waals surface area contributed by atoms with Crippen LogP contribution in [0, 0.1) is 25.2 Å². The van der Waals surface area contributed by atoms with Crippen molar-refractivity contribution in [3.63, 3.8) is 0 Å². The van der Waals surface area contributed by atoms with Crippen LogP contribution < -0.4 is 10.1 Å². The zero-order valence-electron chi connectivity index (χ0n) is 30.7. The van der Waals surface area contributed by atoms with Crippen LogP contribution in [0.3, 0.4) is 0 Å². The molecule has 0 aromatic heterocycles. The number of benzene rings is 1. The van der Waals surface area contributed by atoms with Crippen molar-refractivity contribution in [1.82, 2.24) is 10.2 Å². The topological polar surface area (TPSA) is 141 Å². The minimum atomic E-state index is -1.04. The molecule has 11 nitrogen and oxygen atoms in total. The van der Waals surface area contributed by atoms with Gasteiger partial charge in [0, 0.05) is 37.2 Å². The summed E-state index contributed by atoms with van der Waals surface area (Å²) in [6.45, 7) is 20.7. The van der Waals surface area contributed by atoms with Gasteiger partial charge in [0.2, 0.25) is 11.7 Å². The van der Waals surface area contributed by atoms with Crippen molar-refractivity contribution in [3.05, 3.63) is 28.8 Å². The first kappa shape index (κ1) is 38.7. The molecular weight excluding hydrogens is 614 g/mol. The predicted octanol–water partition coefficient (Wildman–Crippen LogP) is 6.03. The van der Waals surface area contributed by atoms with Gasteiger partial charge in [-0.15, -0.1) is 0 Å². The smallest absolute Gasteiger partial charge is 0.408 e. The van der Waals surface area contributed by atoms with Crippen LogP contribution in [0.15, 0.2) is 17.3 Å². The number of nitrogens with one attached hydrogen (secondary N) is 1. The lowest BCUT2D eigenvalue weighted by Gasteiger charge is -2.36. The first-order valence-electron chi connectivity index (χ1n) is 17.1. The Morgan fingerprint density at radius 1 is 1.04 bits per heavy atom. The van der Waals surface area contributed by atoms with E-state index in [9.17, 15) is 24.0 Å². The number of hydrogen-bond donors (Lipinski definition) is 1. The lowest BCUT2D eigenvalue weighted by atomic mass is 9.84. The van der Waals surface area contributed by atoms with E-state index in [1.165, 1.54) is 4.90 Å². The molecule has 1 spiro atoms. The summed E-state index contributed by atoms with van der Waals surface area (Å²) in [4.78, 5) is 74.5. The second-order valence-corrected chi connectivity index (χ2v) is 15.3. The molecule has 0 radical (unpaired) electrons. The van der Waals surface area contributed by atoms with E-state index in [2.05, 4.69) is 10.5 Å². The summed E-state index contributed by atoms with van der Waals surface area (Å²) >= 11 is 0. The summed E-state index contributed by atoms with van der Waals surface area (Å²) in [5.74, 6) is -1.80. The van der Waals surface area contributed by atoms with Crippen molar-refractivity contribution in [1.29, 1.82) is 0 Å². The lowest BCUT2D eigenvalue weighted by molar-refractivity contribution is -0.143. The zero-order chi connectivity index (χ0) is 36.2. The van der Waals surface area contributed by atoms with Crippen LogP contribution in [0.1, 0.15) is 118 Å². The van der Waals surface area contributed by atoms with Gasteiger partial charge < -0.3 is 24.5 Å². The third-order valence-corrected chi connectivity index (χ3v) is 8.80. The van der Waals surface area contributed by atoms with E-state index in [1.807, 2.05) is 60.6 Å². The highest BCUT2D eigenvalue weighted by molar-refractivity contribution is 6.38. The monoisotopic (exact) mass is 669 g/mol. The summed E-state index contributed by atoms with van der Waals surface area (Å²) in [5.41, 5.74) is 0.943. The Kier molecular flexibility index (Phi) is 12.3. The number of amides is 2. The molecule has 2 aliphatic rings. The van der Waals surface area contributed by atoms with Crippen LogP contribution in [0.5, 0.6) is 5.75 Å². The molecule has 2 aliphatic heterocycles. The van der Waals surface area contributed by atoms with Crippen molar-refractivity contribution in [2.24, 2.45) is 16.5 Å². The Labute approximate surface area is 285 Å². The van der Waals surface area contributed by atoms with Crippen molar-refractivity contribution >= 4 is 35.1 Å². The number of carbonyl (C=O) groups is 5. The van der Waals surface area contributed by atoms with E-state index in [-0.39, 0.29) is 31.6 Å². The zero-order valence-corrected chi connectivity index (χ0v) is 30.7. The molecule has 0 bridgehead atoms. The van der Waals surface area contributed by atoms with Gasteiger partial charge in [-0.1, -0.05) is 46.2 Å². The van der Waals surface area contributed by atoms with Crippen LogP contribution in [0.4, 0.5) is 4.79 Å². The van der Waals surface area contributed by atoms with Gasteiger partial charge in [-0.25, -0.2) is 4.79 Å². The highest BCUT2D eigenvalue weighted by Gasteiger charge is 2.55. The van der Waals surface area contributed by atoms with Crippen LogP contribution in [-0.4, -0.2) is 76.4 Å². The highest BCUT2D eigenvalue weighted by atomic mass is 16.7. The van der Waals surface area contributed by atoms with Crippen LogP contribution in [0.25, 0.3) is 0 Å². The van der Waals surface area contributed by atoms with Gasteiger partial charge in [-0.2, -0.15) is 0 Å². The third-order valence-electron chi connectivity index (χ3n) is 8.80. The number of alkyl carbamates (subject to hydrolysis) is 1. The normalized spacial score (nSPS) is 20.5. The second kappa shape index (κ2) is 15.2. The molecule has 3 rings (SSSR count). The average Bonchev–Trinajstić information content (AvgIpc) is 3.58. The van der Waals surface area contributed by atoms with Crippen LogP contribution in [0.2, 0.25) is 0 Å². The molecule has 1 aromatic rings. The van der Waals surface area contributed by atoms with E-state index in [1.54, 1.807) is 27.7 Å². The van der Waals surface area contributed by atoms with Crippen molar-refractivity contribution < 1.29 is 38.3 Å². The molecule has 0 aliphatic carbocycles. The number of likely N-dealkylation sites (tertiary alicyclic amines) is 1. The van der Waals surface area contributed by atoms with Gasteiger partial charge >= 0.3 is 6.09 Å². The fraction of sp³-hybridized carbons (Fsp3) is 0.676. The fourth-order valence-electron chi connectivity index (χ4n) is 6.52. The Morgan fingerprint density at radius 3 is 2.19 bits per heavy atom. The van der Waals surface area contributed by atoms with Crippen molar-refractivity contribution in [2.45, 2.75) is 138 Å². The quantitative estimate of drug-likeness (QED) is 0.251. The van der Waals surface area contributed by atoms with E-state index >= 15 is 0 Å². The molecule has 2 amide bonds. The van der Waals surface area contributed by atoms with E-state index < -0.39 is 58.2 Å². The molecule has 2 heterocycles. The number of carbonyl (C=O) groups excluding carboxylic acids is 5. The number of oxime groups is 1. The van der Waals surface area contributed by atoms with Gasteiger partial charge in [-0.05, 0) is 76.6 Å². The average molecular weight is 670 g/mol. The second-order valence-electron chi connectivity index (χ2n) is 15.3. The number of nitrogens with zero attached hydrogens (tertiary/aromatic N) is 2. The number of Topliss-reactive ketones (excluding diaryl/α,β-unsaturated/α-hetero) is 3. The first-order valence-corrected chi connectivity index (χ1v) is 17.1. The third kappa shape index (κ3) is 9.23. The number of rotatable bonds is 13. The minimum Gasteiger partial charge on any atom is -0.493 e. The van der Waals surface area contributed by atoms with Crippen molar-refractivity contribution in [2.75, 3.05) is 13.2 Å². The van der Waals surface area contributed by atoms with E-state index in [0.717, 1.165) is 22.4 Å². The summed E-state index contributed by atoms with van der Waals surface area (Å²) < 4.78 is 11.3. The Bertz CT molecular complexity index is 1410. The van der Waals surface area contributed by atoms with Gasteiger partial charge in [0.05, 0.1) is 24.9 Å². The Hall–Kier alpha value is -3.76. The number of ether oxygens (including phenoxy) is 2. The summed E-state index contributed by atoms with van der Waals surface area (Å²) in [6, 6.07) is 1.99. The molecule has 4 atom stereocenters. The maximum atomic E-state index is 14.5. The van der Waals surface area contributed by atoms with Gasteiger partial charge in [0.1, 0.15) is 17.4 Å². The van der Waals surface area contributed by atoms with Gasteiger partial charge in [0.15, 0.2) is 17.2 Å². The molecule has 1 aromatic carbocycles. The molecule has 1 saturated heterocycles.